The zero-order valence-corrected chi connectivity index (χ0v) is 21.9. The summed E-state index contributed by atoms with van der Waals surface area (Å²) in [4.78, 5) is 63.7. The zero-order valence-electron chi connectivity index (χ0n) is 21.1. The van der Waals surface area contributed by atoms with E-state index < -0.39 is 18.5 Å². The summed E-state index contributed by atoms with van der Waals surface area (Å²) in [5.74, 6) is -0.701. The molecule has 0 aliphatic heterocycles. The van der Waals surface area contributed by atoms with Crippen LogP contribution in [0.4, 0.5) is 20.4 Å². The van der Waals surface area contributed by atoms with E-state index in [1.165, 1.54) is 11.8 Å². The largest absolute Gasteiger partial charge is 0.530 e. The molecule has 5 amide bonds. The Balaban J connectivity index is 2.03. The maximum Gasteiger partial charge on any atom is 0.263 e. The number of carbonyl (C=O) groups is 5. The minimum Gasteiger partial charge on any atom is -0.530 e. The van der Waals surface area contributed by atoms with Crippen LogP contribution in [0.1, 0.15) is 40.7 Å². The van der Waals surface area contributed by atoms with Gasteiger partial charge in [-0.1, -0.05) is 23.5 Å². The van der Waals surface area contributed by atoms with Gasteiger partial charge in [0.25, 0.3) is 5.91 Å². The summed E-state index contributed by atoms with van der Waals surface area (Å²) >= 11 is 1.06. The molecule has 5 N–H and O–H groups in total. The fourth-order valence-corrected chi connectivity index (χ4v) is 4.16. The van der Waals surface area contributed by atoms with E-state index in [-0.39, 0.29) is 17.7 Å². The van der Waals surface area contributed by atoms with Crippen molar-refractivity contribution in [3.8, 4) is 0 Å². The normalized spacial score (nSPS) is 10.4. The SMILES string of the molecule is CC(=O)Nc1nc(CCc2ccc(NC(NC(=O)[O-])NC(=O)[O-])cc2)c(C(=O)NCCCC(=O)N(C)C)s1. The summed E-state index contributed by atoms with van der Waals surface area (Å²) in [7, 11) is 3.33. The smallest absolute Gasteiger partial charge is 0.263 e. The highest BCUT2D eigenvalue weighted by atomic mass is 32.1. The molecule has 15 heteroatoms. The Morgan fingerprint density at radius 1 is 1.00 bits per heavy atom. The average molecular weight is 548 g/mol. The molecule has 0 fully saturated rings. The molecule has 0 aliphatic rings. The van der Waals surface area contributed by atoms with Crippen molar-refractivity contribution >= 4 is 52.1 Å². The van der Waals surface area contributed by atoms with Gasteiger partial charge in [0, 0.05) is 39.7 Å². The summed E-state index contributed by atoms with van der Waals surface area (Å²) in [6.45, 7) is 1.65. The van der Waals surface area contributed by atoms with Crippen molar-refractivity contribution in [1.29, 1.82) is 0 Å². The number of nitrogens with one attached hydrogen (secondary N) is 5. The van der Waals surface area contributed by atoms with Crippen LogP contribution in [-0.4, -0.2) is 66.7 Å². The van der Waals surface area contributed by atoms with E-state index in [2.05, 4.69) is 20.9 Å². The molecule has 1 aromatic heterocycles. The molecule has 0 aliphatic carbocycles. The van der Waals surface area contributed by atoms with Gasteiger partial charge in [0.2, 0.25) is 11.8 Å². The van der Waals surface area contributed by atoms with Gasteiger partial charge in [-0.05, 0) is 37.0 Å². The first-order valence-corrected chi connectivity index (χ1v) is 12.3. The molecular formula is C23H29N7O7S-2. The molecule has 0 saturated carbocycles. The number of carbonyl (C=O) groups excluding carboxylic acids is 5. The number of aryl methyl sites for hydroxylation is 2. The Bertz CT molecular complexity index is 1140. The van der Waals surface area contributed by atoms with Crippen LogP contribution in [0.2, 0.25) is 0 Å². The van der Waals surface area contributed by atoms with E-state index in [4.69, 9.17) is 0 Å². The Labute approximate surface area is 222 Å². The van der Waals surface area contributed by atoms with Crippen LogP contribution >= 0.6 is 11.3 Å². The fourth-order valence-electron chi connectivity index (χ4n) is 3.19. The number of thiazole rings is 1. The molecule has 2 aromatic rings. The lowest BCUT2D eigenvalue weighted by Crippen LogP contribution is -2.58. The van der Waals surface area contributed by atoms with Crippen LogP contribution in [0.3, 0.4) is 0 Å². The summed E-state index contributed by atoms with van der Waals surface area (Å²) < 4.78 is 0. The van der Waals surface area contributed by atoms with Crippen molar-refractivity contribution in [2.45, 2.75) is 38.9 Å². The van der Waals surface area contributed by atoms with Crippen molar-refractivity contribution in [2.24, 2.45) is 0 Å². The number of rotatable bonds is 13. The molecule has 2 rings (SSSR count). The predicted molar refractivity (Wildman–Crippen MR) is 135 cm³/mol. The van der Waals surface area contributed by atoms with Gasteiger partial charge in [-0.2, -0.15) is 0 Å². The van der Waals surface area contributed by atoms with Gasteiger partial charge in [0.1, 0.15) is 17.1 Å². The first-order valence-electron chi connectivity index (χ1n) is 11.5. The van der Waals surface area contributed by atoms with Crippen molar-refractivity contribution in [1.82, 2.24) is 25.8 Å². The van der Waals surface area contributed by atoms with E-state index in [9.17, 15) is 34.2 Å². The molecule has 0 unspecified atom stereocenters. The second kappa shape index (κ2) is 14.4. The summed E-state index contributed by atoms with van der Waals surface area (Å²) in [5, 5.41) is 33.5. The Morgan fingerprint density at radius 3 is 2.18 bits per heavy atom. The minimum atomic E-state index is -1.68. The van der Waals surface area contributed by atoms with Gasteiger partial charge in [0.15, 0.2) is 11.4 Å². The van der Waals surface area contributed by atoms with Gasteiger partial charge in [-0.15, -0.1) is 0 Å². The number of anilines is 2. The van der Waals surface area contributed by atoms with E-state index >= 15 is 0 Å². The molecular weight excluding hydrogens is 518 g/mol. The second-order valence-electron chi connectivity index (χ2n) is 8.26. The first kappa shape index (κ1) is 29.8. The van der Waals surface area contributed by atoms with Crippen LogP contribution < -0.4 is 36.8 Å². The third-order valence-electron chi connectivity index (χ3n) is 4.98. The molecule has 14 nitrogen and oxygen atoms in total. The van der Waals surface area contributed by atoms with Gasteiger partial charge < -0.3 is 51.3 Å². The van der Waals surface area contributed by atoms with Crippen molar-refractivity contribution in [2.75, 3.05) is 31.3 Å². The molecule has 0 saturated heterocycles. The van der Waals surface area contributed by atoms with Gasteiger partial charge in [0.05, 0.1) is 5.69 Å². The van der Waals surface area contributed by atoms with E-state index in [1.807, 2.05) is 10.6 Å². The molecule has 0 radical (unpaired) electrons. The van der Waals surface area contributed by atoms with Crippen LogP contribution in [0.25, 0.3) is 0 Å². The van der Waals surface area contributed by atoms with Crippen molar-refractivity contribution < 1.29 is 34.2 Å². The molecule has 1 heterocycles. The van der Waals surface area contributed by atoms with Gasteiger partial charge in [-0.3, -0.25) is 14.4 Å². The highest BCUT2D eigenvalue weighted by molar-refractivity contribution is 7.17. The van der Waals surface area contributed by atoms with E-state index in [1.54, 1.807) is 38.4 Å². The maximum absolute atomic E-state index is 12.8. The van der Waals surface area contributed by atoms with Gasteiger partial charge >= 0.3 is 0 Å². The molecule has 0 atom stereocenters. The summed E-state index contributed by atoms with van der Waals surface area (Å²) in [6, 6.07) is 6.70. The lowest BCUT2D eigenvalue weighted by atomic mass is 10.1. The van der Waals surface area contributed by atoms with Crippen LogP contribution in [0.15, 0.2) is 24.3 Å². The standard InChI is InChI=1S/C23H31N7O7S/c1-13(31)25-21-27-16(18(38-21)19(33)24-12-4-5-17(32)30(2)3)11-8-14-6-9-15(10-7-14)26-20(28-22(34)35)29-23(36)37/h6-7,9-10,20,26,28-29H,4-5,8,11-12H2,1-3H3,(H,24,33)(H,34,35)(H,36,37)(H,25,27,31)/p-2. The quantitative estimate of drug-likeness (QED) is 0.154. The lowest BCUT2D eigenvalue weighted by Gasteiger charge is -2.24. The third kappa shape index (κ3) is 10.3. The highest BCUT2D eigenvalue weighted by Crippen LogP contribution is 2.25. The topological polar surface area (TPSA) is 208 Å². The number of nitrogens with zero attached hydrogens (tertiary/aromatic N) is 2. The number of hydrogen-bond acceptors (Lipinski definition) is 10. The third-order valence-corrected chi connectivity index (χ3v) is 5.99. The summed E-state index contributed by atoms with van der Waals surface area (Å²) in [5.41, 5.74) is 1.77. The number of amides is 5. The minimum absolute atomic E-state index is 0.0345. The van der Waals surface area contributed by atoms with E-state index in [0.29, 0.717) is 53.6 Å². The molecule has 0 bridgehead atoms. The second-order valence-corrected chi connectivity index (χ2v) is 9.26. The van der Waals surface area contributed by atoms with E-state index in [0.717, 1.165) is 16.9 Å². The summed E-state index contributed by atoms with van der Waals surface area (Å²) in [6.07, 6.45) is -3.09. The van der Waals surface area contributed by atoms with Crippen LogP contribution in [0.5, 0.6) is 0 Å². The van der Waals surface area contributed by atoms with Crippen LogP contribution in [0, 0.1) is 0 Å². The average Bonchev–Trinajstić information content (AvgIpc) is 3.22. The maximum atomic E-state index is 12.8. The van der Waals surface area contributed by atoms with Crippen LogP contribution in [-0.2, 0) is 22.4 Å². The first-order chi connectivity index (χ1) is 17.9. The Hall–Kier alpha value is -4.40. The molecule has 0 spiro atoms. The van der Waals surface area contributed by atoms with Gasteiger partial charge in [-0.25, -0.2) is 4.98 Å². The van der Waals surface area contributed by atoms with Crippen molar-refractivity contribution in [3.63, 3.8) is 0 Å². The molecule has 38 heavy (non-hydrogen) atoms. The zero-order chi connectivity index (χ0) is 28.2. The highest BCUT2D eigenvalue weighted by Gasteiger charge is 2.19. The Kier molecular flexibility index (Phi) is 11.3. The number of carboxylic acid groups (broad SMARTS) is 2. The monoisotopic (exact) mass is 547 g/mol. The lowest BCUT2D eigenvalue weighted by molar-refractivity contribution is -0.255. The molecule has 1 aromatic carbocycles. The fraction of sp³-hybridized carbons (Fsp3) is 0.391. The Morgan fingerprint density at radius 2 is 1.63 bits per heavy atom. The van der Waals surface area contributed by atoms with Crippen molar-refractivity contribution in [3.05, 3.63) is 40.4 Å². The number of aromatic nitrogens is 1. The predicted octanol–water partition coefficient (Wildman–Crippen LogP) is -0.954. The number of hydrogen-bond donors (Lipinski definition) is 5. The molecule has 206 valence electrons. The number of benzene rings is 1.